The predicted molar refractivity (Wildman–Crippen MR) is 115 cm³/mol. The van der Waals surface area contributed by atoms with Gasteiger partial charge in [-0.2, -0.15) is 0 Å². The molecule has 0 aromatic heterocycles. The maximum absolute atomic E-state index is 4.90. The van der Waals surface area contributed by atoms with Crippen molar-refractivity contribution in [3.8, 4) is 0 Å². The van der Waals surface area contributed by atoms with Gasteiger partial charge in [-0.15, -0.1) is 6.58 Å². The topological polar surface area (TPSA) is 34.1 Å². The van der Waals surface area contributed by atoms with Crippen LogP contribution in [0.1, 0.15) is 46.5 Å². The summed E-state index contributed by atoms with van der Waals surface area (Å²) in [5, 5.41) is 3.45. The largest absolute Gasteiger partial charge is 0.357 e. The van der Waals surface area contributed by atoms with Crippen molar-refractivity contribution >= 4 is 5.96 Å². The Labute approximate surface area is 162 Å². The molecule has 0 aliphatic carbocycles. The summed E-state index contributed by atoms with van der Waals surface area (Å²) in [5.41, 5.74) is 0. The van der Waals surface area contributed by atoms with Crippen molar-refractivity contribution in [3.63, 3.8) is 0 Å². The first-order valence-electron chi connectivity index (χ1n) is 10.7. The molecule has 0 spiro atoms. The summed E-state index contributed by atoms with van der Waals surface area (Å²) in [6.07, 6.45) is 6.86. The molecule has 0 aromatic carbocycles. The molecular formula is C21H43N5. The van der Waals surface area contributed by atoms with E-state index in [0.29, 0.717) is 5.92 Å². The summed E-state index contributed by atoms with van der Waals surface area (Å²) in [5.74, 6) is 1.65. The number of allylic oxidation sites excluding steroid dienone is 1. The van der Waals surface area contributed by atoms with Crippen LogP contribution < -0.4 is 5.32 Å². The highest BCUT2D eigenvalue weighted by molar-refractivity contribution is 5.79. The fourth-order valence-electron chi connectivity index (χ4n) is 3.42. The van der Waals surface area contributed by atoms with Crippen molar-refractivity contribution in [2.24, 2.45) is 10.9 Å². The average molecular weight is 366 g/mol. The van der Waals surface area contributed by atoms with E-state index in [2.05, 4.69) is 54.4 Å². The predicted octanol–water partition coefficient (Wildman–Crippen LogP) is 2.90. The van der Waals surface area contributed by atoms with Gasteiger partial charge >= 0.3 is 0 Å². The zero-order valence-electron chi connectivity index (χ0n) is 17.8. The molecule has 1 fully saturated rings. The van der Waals surface area contributed by atoms with Crippen LogP contribution in [0.25, 0.3) is 0 Å². The first kappa shape index (κ1) is 23.0. The third kappa shape index (κ3) is 9.58. The van der Waals surface area contributed by atoms with E-state index >= 15 is 0 Å². The fourth-order valence-corrected chi connectivity index (χ4v) is 3.42. The smallest absolute Gasteiger partial charge is 0.193 e. The van der Waals surface area contributed by atoms with Gasteiger partial charge in [0.1, 0.15) is 0 Å². The van der Waals surface area contributed by atoms with Gasteiger partial charge in [0, 0.05) is 59.4 Å². The van der Waals surface area contributed by atoms with Gasteiger partial charge in [-0.05, 0) is 38.6 Å². The van der Waals surface area contributed by atoms with Crippen LogP contribution in [0.15, 0.2) is 17.6 Å². The Balaban J connectivity index is 2.35. The van der Waals surface area contributed by atoms with Crippen molar-refractivity contribution in [1.82, 2.24) is 20.0 Å². The first-order valence-corrected chi connectivity index (χ1v) is 10.7. The number of guanidine groups is 1. The lowest BCUT2D eigenvalue weighted by Gasteiger charge is -2.35. The molecule has 1 N–H and O–H groups in total. The minimum atomic E-state index is 0.595. The van der Waals surface area contributed by atoms with Gasteiger partial charge in [0.15, 0.2) is 5.96 Å². The quantitative estimate of drug-likeness (QED) is 0.250. The van der Waals surface area contributed by atoms with Gasteiger partial charge in [0.05, 0.1) is 0 Å². The highest BCUT2D eigenvalue weighted by atomic mass is 15.3. The summed E-state index contributed by atoms with van der Waals surface area (Å²) >= 11 is 0. The fraction of sp³-hybridized carbons (Fsp3) is 0.857. The van der Waals surface area contributed by atoms with Crippen molar-refractivity contribution < 1.29 is 0 Å². The monoisotopic (exact) mass is 365 g/mol. The van der Waals surface area contributed by atoms with Gasteiger partial charge in [-0.3, -0.25) is 4.99 Å². The Morgan fingerprint density at radius 2 is 1.85 bits per heavy atom. The van der Waals surface area contributed by atoms with Gasteiger partial charge in [0.2, 0.25) is 0 Å². The number of aliphatic imine (C=N–C) groups is 1. The maximum atomic E-state index is 4.90. The summed E-state index contributed by atoms with van der Waals surface area (Å²) in [7, 11) is 2.16. The zero-order chi connectivity index (χ0) is 19.2. The van der Waals surface area contributed by atoms with Gasteiger partial charge in [-0.25, -0.2) is 0 Å². The van der Waals surface area contributed by atoms with E-state index in [1.54, 1.807) is 0 Å². The number of hydrogen-bond acceptors (Lipinski definition) is 3. The van der Waals surface area contributed by atoms with E-state index in [1.165, 1.54) is 52.0 Å². The molecular weight excluding hydrogens is 322 g/mol. The molecule has 5 heteroatoms. The summed E-state index contributed by atoms with van der Waals surface area (Å²) in [4.78, 5) is 12.3. The molecule has 1 rings (SSSR count). The van der Waals surface area contributed by atoms with Crippen LogP contribution in [0.5, 0.6) is 0 Å². The van der Waals surface area contributed by atoms with Crippen LogP contribution in [0.2, 0.25) is 0 Å². The number of piperazine rings is 1. The lowest BCUT2D eigenvalue weighted by molar-refractivity contribution is 0.125. The van der Waals surface area contributed by atoms with Crippen molar-refractivity contribution in [2.45, 2.75) is 46.5 Å². The van der Waals surface area contributed by atoms with Crippen molar-refractivity contribution in [3.05, 3.63) is 12.7 Å². The number of unbranched alkanes of at least 4 members (excludes halogenated alkanes) is 3. The van der Waals surface area contributed by atoms with Crippen LogP contribution in [0.4, 0.5) is 0 Å². The third-order valence-corrected chi connectivity index (χ3v) is 5.13. The maximum Gasteiger partial charge on any atom is 0.193 e. The van der Waals surface area contributed by atoms with Crippen LogP contribution in [0.3, 0.4) is 0 Å². The lowest BCUT2D eigenvalue weighted by Crippen LogP contribution is -2.47. The number of rotatable bonds is 12. The van der Waals surface area contributed by atoms with E-state index in [1.807, 2.05) is 6.08 Å². The van der Waals surface area contributed by atoms with E-state index in [0.717, 1.165) is 38.6 Å². The molecule has 1 unspecified atom stereocenters. The Bertz CT molecular complexity index is 388. The van der Waals surface area contributed by atoms with E-state index < -0.39 is 0 Å². The van der Waals surface area contributed by atoms with Crippen LogP contribution >= 0.6 is 0 Å². The molecule has 0 saturated carbocycles. The molecule has 1 saturated heterocycles. The number of likely N-dealkylation sites (N-methyl/N-ethyl adjacent to an activating group) is 1. The molecule has 0 amide bonds. The number of nitrogens with zero attached hydrogens (tertiary/aromatic N) is 4. The van der Waals surface area contributed by atoms with Crippen LogP contribution in [-0.2, 0) is 0 Å². The molecule has 0 aromatic rings. The second kappa shape index (κ2) is 14.0. The third-order valence-electron chi connectivity index (χ3n) is 5.13. The molecule has 152 valence electrons. The molecule has 1 aliphatic rings. The molecule has 1 atom stereocenters. The number of hydrogen-bond donors (Lipinski definition) is 1. The second-order valence-electron chi connectivity index (χ2n) is 7.59. The number of nitrogens with one attached hydrogen (secondary N) is 1. The highest BCUT2D eigenvalue weighted by Crippen LogP contribution is 2.07. The van der Waals surface area contributed by atoms with E-state index in [-0.39, 0.29) is 0 Å². The van der Waals surface area contributed by atoms with Gasteiger partial charge < -0.3 is 20.0 Å². The minimum Gasteiger partial charge on any atom is -0.357 e. The Kier molecular flexibility index (Phi) is 12.4. The first-order chi connectivity index (χ1) is 12.6. The molecule has 1 aliphatic heterocycles. The van der Waals surface area contributed by atoms with Crippen LogP contribution in [-0.4, -0.2) is 86.6 Å². The van der Waals surface area contributed by atoms with Gasteiger partial charge in [-0.1, -0.05) is 26.3 Å². The standard InChI is InChI=1S/C21H43N5/c1-6-9-10-11-12-13-24(5)21(22-7-2)23-18-20(4)19-26-16-14-25(8-3)15-17-26/h6,20H,1,7-19H2,2-5H3,(H,22,23). The van der Waals surface area contributed by atoms with Crippen molar-refractivity contribution in [2.75, 3.05) is 66.0 Å². The summed E-state index contributed by atoms with van der Waals surface area (Å²) in [6.45, 7) is 20.6. The zero-order valence-corrected chi connectivity index (χ0v) is 17.8. The molecule has 1 heterocycles. The molecule has 26 heavy (non-hydrogen) atoms. The molecule has 0 bridgehead atoms. The van der Waals surface area contributed by atoms with E-state index in [4.69, 9.17) is 4.99 Å². The molecule has 5 nitrogen and oxygen atoms in total. The van der Waals surface area contributed by atoms with E-state index in [9.17, 15) is 0 Å². The normalized spacial score (nSPS) is 17.9. The Morgan fingerprint density at radius 3 is 2.46 bits per heavy atom. The summed E-state index contributed by atoms with van der Waals surface area (Å²) < 4.78 is 0. The highest BCUT2D eigenvalue weighted by Gasteiger charge is 2.17. The summed E-state index contributed by atoms with van der Waals surface area (Å²) in [6, 6.07) is 0. The Morgan fingerprint density at radius 1 is 1.15 bits per heavy atom. The minimum absolute atomic E-state index is 0.595. The SMILES string of the molecule is C=CCCCCCN(C)C(=NCC(C)CN1CCN(CC)CC1)NCC. The molecule has 0 radical (unpaired) electrons. The van der Waals surface area contributed by atoms with Gasteiger partial charge in [0.25, 0.3) is 0 Å². The lowest BCUT2D eigenvalue weighted by atomic mass is 10.1. The second-order valence-corrected chi connectivity index (χ2v) is 7.59. The Hall–Kier alpha value is -1.07. The van der Waals surface area contributed by atoms with Crippen molar-refractivity contribution in [1.29, 1.82) is 0 Å². The average Bonchev–Trinajstić information content (AvgIpc) is 2.65. The van der Waals surface area contributed by atoms with Crippen LogP contribution in [0, 0.1) is 5.92 Å².